The summed E-state index contributed by atoms with van der Waals surface area (Å²) in [6.45, 7) is 2.67. The number of carbonyl (C=O) groups is 2. The van der Waals surface area contributed by atoms with E-state index in [1.165, 1.54) is 18.2 Å². The van der Waals surface area contributed by atoms with Crippen molar-refractivity contribution in [1.29, 1.82) is 0 Å². The lowest BCUT2D eigenvalue weighted by Gasteiger charge is -2.16. The molecule has 0 bridgehead atoms. The van der Waals surface area contributed by atoms with Crippen molar-refractivity contribution in [2.24, 2.45) is 10.2 Å². The average Bonchev–Trinajstić information content (AvgIpc) is 3.95. The van der Waals surface area contributed by atoms with E-state index in [0.29, 0.717) is 55.3 Å². The van der Waals surface area contributed by atoms with E-state index >= 15 is 0 Å². The highest BCUT2D eigenvalue weighted by molar-refractivity contribution is 6.04. The van der Waals surface area contributed by atoms with Crippen molar-refractivity contribution < 1.29 is 27.5 Å². The van der Waals surface area contributed by atoms with Gasteiger partial charge in [0.05, 0.1) is 12.1 Å². The number of hydrogen-bond donors (Lipinski definition) is 3. The SMILES string of the molecule is C#CCCCC(=O)NCCOc1ccc(Nc2ncc3cc(-c4cc(NC(=O)c5cccc(C6(C(F)(F)F)N=N6)c5)ccc4C)ccc3n2)cc1. The number of amides is 2. The van der Waals surface area contributed by atoms with Gasteiger partial charge in [-0.3, -0.25) is 9.59 Å². The molecule has 4 aromatic carbocycles. The van der Waals surface area contributed by atoms with Crippen LogP contribution in [0.15, 0.2) is 101 Å². The average molecular weight is 692 g/mol. The van der Waals surface area contributed by atoms with E-state index in [1.807, 2.05) is 61.5 Å². The van der Waals surface area contributed by atoms with Crippen molar-refractivity contribution in [1.82, 2.24) is 15.3 Å². The number of benzene rings is 4. The monoisotopic (exact) mass is 691 g/mol. The number of aromatic nitrogens is 2. The third-order valence-corrected chi connectivity index (χ3v) is 8.14. The van der Waals surface area contributed by atoms with E-state index in [0.717, 1.165) is 33.8 Å². The van der Waals surface area contributed by atoms with Gasteiger partial charge in [-0.1, -0.05) is 24.3 Å². The zero-order chi connectivity index (χ0) is 36.0. The van der Waals surface area contributed by atoms with Crippen LogP contribution in [0.4, 0.5) is 30.5 Å². The van der Waals surface area contributed by atoms with Crippen LogP contribution in [0, 0.1) is 19.3 Å². The van der Waals surface area contributed by atoms with Crippen LogP contribution in [0.25, 0.3) is 22.0 Å². The second-order valence-electron chi connectivity index (χ2n) is 11.8. The Morgan fingerprint density at radius 3 is 2.49 bits per heavy atom. The molecule has 0 radical (unpaired) electrons. The number of nitrogens with zero attached hydrogens (tertiary/aromatic N) is 4. The number of halogens is 3. The highest BCUT2D eigenvalue weighted by Crippen LogP contribution is 2.52. The number of anilines is 3. The predicted molar refractivity (Wildman–Crippen MR) is 188 cm³/mol. The lowest BCUT2D eigenvalue weighted by Crippen LogP contribution is -2.30. The van der Waals surface area contributed by atoms with Gasteiger partial charge in [-0.2, -0.15) is 13.2 Å². The topological polar surface area (TPSA) is 130 Å². The molecular weight excluding hydrogens is 659 g/mol. The van der Waals surface area contributed by atoms with Crippen LogP contribution in [0.2, 0.25) is 0 Å². The Balaban J connectivity index is 1.07. The third kappa shape index (κ3) is 8.13. The lowest BCUT2D eigenvalue weighted by molar-refractivity contribution is -0.166. The standard InChI is InChI=1S/C38H32F3N7O3/c1-3-4-5-9-34(49)42-18-19-51-31-15-13-29(14-16-31)45-36-43-23-27-20-25(11-17-33(27)46-36)32-22-30(12-10-24(32)2)44-35(50)26-7-6-8-28(21-26)37(47-48-37)38(39,40)41/h1,6-8,10-17,20-23H,4-5,9,18-19H2,2H3,(H,42,49)(H,44,50)(H,43,45,46). The molecule has 1 aromatic heterocycles. The Morgan fingerprint density at radius 1 is 0.961 bits per heavy atom. The van der Waals surface area contributed by atoms with E-state index in [2.05, 4.69) is 42.1 Å². The van der Waals surface area contributed by atoms with Gasteiger partial charge in [-0.05, 0) is 90.7 Å². The Kier molecular flexibility index (Phi) is 9.95. The van der Waals surface area contributed by atoms with Crippen LogP contribution in [-0.2, 0) is 10.5 Å². The zero-order valence-electron chi connectivity index (χ0n) is 27.4. The van der Waals surface area contributed by atoms with Gasteiger partial charge in [0.15, 0.2) is 0 Å². The van der Waals surface area contributed by atoms with Gasteiger partial charge < -0.3 is 20.7 Å². The number of carbonyl (C=O) groups excluding carboxylic acids is 2. The molecule has 3 N–H and O–H groups in total. The first kappa shape index (κ1) is 34.6. The van der Waals surface area contributed by atoms with Crippen molar-refractivity contribution in [3.8, 4) is 29.2 Å². The maximum absolute atomic E-state index is 13.5. The second kappa shape index (κ2) is 14.7. The molecule has 6 rings (SSSR count). The molecule has 0 fully saturated rings. The van der Waals surface area contributed by atoms with Gasteiger partial charge in [-0.15, -0.1) is 22.6 Å². The predicted octanol–water partition coefficient (Wildman–Crippen LogP) is 8.08. The summed E-state index contributed by atoms with van der Waals surface area (Å²) in [5.74, 6) is 2.96. The number of fused-ring (bicyclic) bond motifs is 1. The van der Waals surface area contributed by atoms with Crippen molar-refractivity contribution in [3.05, 3.63) is 108 Å². The fourth-order valence-corrected chi connectivity index (χ4v) is 5.36. The molecule has 0 spiro atoms. The molecule has 0 unspecified atom stereocenters. The number of hydrogen-bond acceptors (Lipinski definition) is 8. The molecular formula is C38H32F3N7O3. The normalized spacial score (nSPS) is 12.9. The molecule has 0 saturated heterocycles. The number of nitrogens with one attached hydrogen (secondary N) is 3. The second-order valence-corrected chi connectivity index (χ2v) is 11.8. The summed E-state index contributed by atoms with van der Waals surface area (Å²) in [7, 11) is 0. The van der Waals surface area contributed by atoms with E-state index in [9.17, 15) is 22.8 Å². The summed E-state index contributed by atoms with van der Waals surface area (Å²) in [4.78, 5) is 33.9. The number of alkyl halides is 3. The maximum Gasteiger partial charge on any atom is 0.442 e. The van der Waals surface area contributed by atoms with Crippen LogP contribution in [0.1, 0.15) is 40.7 Å². The summed E-state index contributed by atoms with van der Waals surface area (Å²) < 4.78 is 46.2. The quantitative estimate of drug-likeness (QED) is 0.0846. The van der Waals surface area contributed by atoms with Crippen LogP contribution in [-0.4, -0.2) is 41.1 Å². The van der Waals surface area contributed by atoms with Gasteiger partial charge in [0.25, 0.3) is 5.91 Å². The molecule has 258 valence electrons. The van der Waals surface area contributed by atoms with Crippen molar-refractivity contribution in [3.63, 3.8) is 0 Å². The Hall–Kier alpha value is -6.29. The first-order chi connectivity index (χ1) is 24.5. The summed E-state index contributed by atoms with van der Waals surface area (Å²) in [6.07, 6.45) is 3.86. The third-order valence-electron chi connectivity index (χ3n) is 8.14. The molecule has 10 nitrogen and oxygen atoms in total. The maximum atomic E-state index is 13.5. The first-order valence-corrected chi connectivity index (χ1v) is 16.1. The summed E-state index contributed by atoms with van der Waals surface area (Å²) in [5.41, 5.74) is 1.85. The van der Waals surface area contributed by atoms with Crippen molar-refractivity contribution in [2.45, 2.75) is 38.0 Å². The van der Waals surface area contributed by atoms with Gasteiger partial charge in [0, 0.05) is 46.9 Å². The molecule has 0 saturated carbocycles. The number of rotatable bonds is 13. The molecule has 1 aliphatic rings. The summed E-state index contributed by atoms with van der Waals surface area (Å²) >= 11 is 0. The highest BCUT2D eigenvalue weighted by atomic mass is 19.4. The lowest BCUT2D eigenvalue weighted by atomic mass is 9.98. The molecule has 13 heteroatoms. The largest absolute Gasteiger partial charge is 0.492 e. The minimum atomic E-state index is -4.69. The van der Waals surface area contributed by atoms with Crippen molar-refractivity contribution >= 4 is 40.0 Å². The van der Waals surface area contributed by atoms with Gasteiger partial charge in [0.1, 0.15) is 12.4 Å². The smallest absolute Gasteiger partial charge is 0.442 e. The number of ether oxygens (including phenoxy) is 1. The molecule has 2 heterocycles. The van der Waals surface area contributed by atoms with Crippen LogP contribution in [0.5, 0.6) is 5.75 Å². The van der Waals surface area contributed by atoms with E-state index in [1.54, 1.807) is 12.3 Å². The molecule has 0 aliphatic carbocycles. The highest BCUT2D eigenvalue weighted by Gasteiger charge is 2.65. The van der Waals surface area contributed by atoms with E-state index in [-0.39, 0.29) is 17.0 Å². The van der Waals surface area contributed by atoms with Crippen LogP contribution < -0.4 is 20.7 Å². The van der Waals surface area contributed by atoms with Crippen LogP contribution >= 0.6 is 0 Å². The summed E-state index contributed by atoms with van der Waals surface area (Å²) in [5, 5.41) is 16.0. The number of terminal acetylenes is 1. The molecule has 2 amide bonds. The minimum Gasteiger partial charge on any atom is -0.492 e. The Morgan fingerprint density at radius 2 is 1.75 bits per heavy atom. The van der Waals surface area contributed by atoms with Gasteiger partial charge >= 0.3 is 11.8 Å². The zero-order valence-corrected chi connectivity index (χ0v) is 27.4. The first-order valence-electron chi connectivity index (χ1n) is 16.1. The fraction of sp³-hybridized carbons (Fsp3) is 0.211. The number of aryl methyl sites for hydroxylation is 1. The van der Waals surface area contributed by atoms with E-state index < -0.39 is 17.7 Å². The minimum absolute atomic E-state index is 0.0524. The van der Waals surface area contributed by atoms with Crippen LogP contribution in [0.3, 0.4) is 0 Å². The van der Waals surface area contributed by atoms with Gasteiger partial charge in [0.2, 0.25) is 11.9 Å². The summed E-state index contributed by atoms with van der Waals surface area (Å²) in [6, 6.07) is 23.7. The molecule has 0 atom stereocenters. The molecule has 1 aliphatic heterocycles. The Bertz CT molecular complexity index is 2160. The molecule has 5 aromatic rings. The van der Waals surface area contributed by atoms with E-state index in [4.69, 9.17) is 11.2 Å². The Labute approximate surface area is 291 Å². The number of unbranched alkanes of at least 4 members (excludes halogenated alkanes) is 1. The van der Waals surface area contributed by atoms with Crippen molar-refractivity contribution in [2.75, 3.05) is 23.8 Å². The molecule has 51 heavy (non-hydrogen) atoms. The fourth-order valence-electron chi connectivity index (χ4n) is 5.36. The van der Waals surface area contributed by atoms with Gasteiger partial charge in [-0.25, -0.2) is 9.97 Å².